The summed E-state index contributed by atoms with van der Waals surface area (Å²) in [5, 5.41) is 2.48. The number of pyridine rings is 2. The molecule has 69 heavy (non-hydrogen) atoms. The maximum absolute atomic E-state index is 5.14. The Kier molecular flexibility index (Phi) is 9.91. The van der Waals surface area contributed by atoms with Gasteiger partial charge in [0, 0.05) is 88.9 Å². The first-order valence-electron chi connectivity index (χ1n) is 23.1. The van der Waals surface area contributed by atoms with E-state index in [4.69, 9.17) is 9.97 Å². The first-order chi connectivity index (χ1) is 34.2. The quantitative estimate of drug-likeness (QED) is 0.137. The van der Waals surface area contributed by atoms with E-state index in [2.05, 4.69) is 262 Å². The molecule has 8 aromatic carbocycles. The molecule has 7 heteroatoms. The van der Waals surface area contributed by atoms with Gasteiger partial charge < -0.3 is 9.80 Å². The maximum atomic E-state index is 5.14. The fourth-order valence-electron chi connectivity index (χ4n) is 9.76. The van der Waals surface area contributed by atoms with E-state index in [0.29, 0.717) is 0 Å². The average Bonchev–Trinajstić information content (AvgIpc) is 4.12. The fourth-order valence-corrected chi connectivity index (χ4v) is 10.9. The van der Waals surface area contributed by atoms with Crippen molar-refractivity contribution in [3.8, 4) is 45.0 Å². The van der Waals surface area contributed by atoms with Gasteiger partial charge in [-0.15, -0.1) is 11.3 Å². The molecule has 0 radical (unpaired) electrons. The lowest BCUT2D eigenvalue weighted by atomic mass is 10.0. The van der Waals surface area contributed by atoms with Gasteiger partial charge in [-0.3, -0.25) is 8.80 Å². The van der Waals surface area contributed by atoms with Crippen LogP contribution in [0.15, 0.2) is 255 Å². The Balaban J connectivity index is 0.864. The zero-order valence-electron chi connectivity index (χ0n) is 37.3. The summed E-state index contributed by atoms with van der Waals surface area (Å²) in [5.41, 5.74) is 16.8. The molecule has 0 N–H and O–H groups in total. The molecule has 0 spiro atoms. The van der Waals surface area contributed by atoms with Crippen LogP contribution in [-0.4, -0.2) is 18.8 Å². The van der Waals surface area contributed by atoms with Gasteiger partial charge in [0.05, 0.1) is 22.8 Å². The lowest BCUT2D eigenvalue weighted by molar-refractivity contribution is 1.19. The number of imidazole rings is 2. The van der Waals surface area contributed by atoms with Crippen LogP contribution in [0.3, 0.4) is 0 Å². The summed E-state index contributed by atoms with van der Waals surface area (Å²) in [6.45, 7) is 0. The van der Waals surface area contributed by atoms with Crippen LogP contribution in [0.2, 0.25) is 0 Å². The number of hydrogen-bond acceptors (Lipinski definition) is 5. The Bertz CT molecular complexity index is 3680. The molecule has 326 valence electrons. The van der Waals surface area contributed by atoms with Crippen molar-refractivity contribution in [2.24, 2.45) is 0 Å². The molecule has 0 saturated carbocycles. The molecule has 5 heterocycles. The molecule has 0 saturated heterocycles. The van der Waals surface area contributed by atoms with E-state index in [0.717, 1.165) is 90.4 Å². The number of anilines is 6. The Morgan fingerprint density at radius 3 is 1.06 bits per heavy atom. The third-order valence-corrected chi connectivity index (χ3v) is 14.1. The second kappa shape index (κ2) is 17.0. The number of benzene rings is 8. The van der Waals surface area contributed by atoms with E-state index >= 15 is 0 Å². The van der Waals surface area contributed by atoms with Crippen LogP contribution < -0.4 is 9.80 Å². The van der Waals surface area contributed by atoms with Gasteiger partial charge in [0.15, 0.2) is 0 Å². The Morgan fingerprint density at radius 1 is 0.304 bits per heavy atom. The van der Waals surface area contributed by atoms with Crippen LogP contribution in [0.5, 0.6) is 0 Å². The number of aromatic nitrogens is 4. The van der Waals surface area contributed by atoms with Gasteiger partial charge in [-0.2, -0.15) is 0 Å². The summed E-state index contributed by atoms with van der Waals surface area (Å²) >= 11 is 1.83. The maximum Gasteiger partial charge on any atom is 0.137 e. The van der Waals surface area contributed by atoms with Gasteiger partial charge in [-0.05, 0) is 97.1 Å². The minimum absolute atomic E-state index is 0.921. The number of thiophene rings is 1. The molecule has 0 aliphatic heterocycles. The number of para-hydroxylation sites is 2. The topological polar surface area (TPSA) is 41.1 Å². The van der Waals surface area contributed by atoms with Gasteiger partial charge in [-0.1, -0.05) is 146 Å². The third kappa shape index (κ3) is 7.20. The monoisotopic (exact) mass is 902 g/mol. The fraction of sp³-hybridized carbons (Fsp3) is 0. The predicted molar refractivity (Wildman–Crippen MR) is 288 cm³/mol. The summed E-state index contributed by atoms with van der Waals surface area (Å²) < 4.78 is 6.82. The molecule has 0 bridgehead atoms. The van der Waals surface area contributed by atoms with Gasteiger partial charge in [0.2, 0.25) is 0 Å². The van der Waals surface area contributed by atoms with Crippen molar-refractivity contribution >= 4 is 76.9 Å². The third-order valence-electron chi connectivity index (χ3n) is 12.9. The molecular weight excluding hydrogens is 861 g/mol. The van der Waals surface area contributed by atoms with Gasteiger partial charge in [0.25, 0.3) is 0 Å². The highest BCUT2D eigenvalue weighted by Crippen LogP contribution is 2.45. The molecule has 0 amide bonds. The molecule has 0 fully saturated rings. The summed E-state index contributed by atoms with van der Waals surface area (Å²) in [6, 6.07) is 86.1. The first kappa shape index (κ1) is 40.3. The summed E-state index contributed by atoms with van der Waals surface area (Å²) in [4.78, 5) is 15.0. The van der Waals surface area contributed by atoms with Crippen LogP contribution in [0.4, 0.5) is 34.1 Å². The van der Waals surface area contributed by atoms with Crippen LogP contribution in [0.1, 0.15) is 0 Å². The SMILES string of the molecule is c1ccc(-c2c(-c3ccc(N(c4ccccc4)c4ccc5c(c4)sc4cc(N(c6ccccc6)c6ccc(-c7nc8ccccn8c7-c7ccccc7)cc6)ccc45)cc3)nc3ccccn23)cc1. The highest BCUT2D eigenvalue weighted by molar-refractivity contribution is 7.25. The van der Waals surface area contributed by atoms with E-state index in [1.54, 1.807) is 0 Å². The summed E-state index contributed by atoms with van der Waals surface area (Å²) in [6.07, 6.45) is 4.18. The van der Waals surface area contributed by atoms with Crippen LogP contribution >= 0.6 is 11.3 Å². The number of fused-ring (bicyclic) bond motifs is 5. The lowest BCUT2D eigenvalue weighted by Crippen LogP contribution is -2.09. The predicted octanol–water partition coefficient (Wildman–Crippen LogP) is 17.0. The second-order valence-electron chi connectivity index (χ2n) is 17.1. The van der Waals surface area contributed by atoms with Crippen LogP contribution in [-0.2, 0) is 0 Å². The molecule has 0 atom stereocenters. The molecule has 13 aromatic rings. The molecule has 0 aliphatic rings. The minimum atomic E-state index is 0.921. The van der Waals surface area contributed by atoms with E-state index in [9.17, 15) is 0 Å². The standard InChI is InChI=1S/C62H42N6S/c1-5-17-45(18-6-1)61-59(63-57-25-13-15-39-65(57)61)43-27-31-49(32-28-43)67(47-21-9-3-10-22-47)51-35-37-53-54-38-36-52(42-56(54)69-55(53)41-51)68(48-23-11-4-12-24-48)50-33-29-44(30-34-50)60-62(46-19-7-2-8-20-46)66-40-16-14-26-58(66)64-60/h1-42H. The highest BCUT2D eigenvalue weighted by atomic mass is 32.1. The summed E-state index contributed by atoms with van der Waals surface area (Å²) in [7, 11) is 0. The highest BCUT2D eigenvalue weighted by Gasteiger charge is 2.21. The van der Waals surface area contributed by atoms with Gasteiger partial charge in [-0.25, -0.2) is 9.97 Å². The largest absolute Gasteiger partial charge is 0.310 e. The van der Waals surface area contributed by atoms with E-state index in [1.165, 1.54) is 20.2 Å². The zero-order valence-corrected chi connectivity index (χ0v) is 38.2. The number of rotatable bonds is 10. The Hall–Kier alpha value is -9.04. The molecule has 6 nitrogen and oxygen atoms in total. The normalized spacial score (nSPS) is 11.5. The zero-order chi connectivity index (χ0) is 45.7. The smallest absolute Gasteiger partial charge is 0.137 e. The molecule has 13 rings (SSSR count). The molecule has 0 aliphatic carbocycles. The van der Waals surface area contributed by atoms with Crippen LogP contribution in [0.25, 0.3) is 76.5 Å². The number of hydrogen-bond donors (Lipinski definition) is 0. The lowest BCUT2D eigenvalue weighted by Gasteiger charge is -2.26. The summed E-state index contributed by atoms with van der Waals surface area (Å²) in [5.74, 6) is 0. The molecule has 0 unspecified atom stereocenters. The average molecular weight is 903 g/mol. The molecular formula is C62H42N6S. The van der Waals surface area contributed by atoms with Crippen molar-refractivity contribution in [2.45, 2.75) is 0 Å². The van der Waals surface area contributed by atoms with Crippen molar-refractivity contribution in [2.75, 3.05) is 9.80 Å². The Labute approximate surface area is 403 Å². The van der Waals surface area contributed by atoms with E-state index in [1.807, 2.05) is 23.5 Å². The van der Waals surface area contributed by atoms with Crippen molar-refractivity contribution in [1.82, 2.24) is 18.8 Å². The van der Waals surface area contributed by atoms with E-state index in [-0.39, 0.29) is 0 Å². The van der Waals surface area contributed by atoms with Gasteiger partial charge >= 0.3 is 0 Å². The first-order valence-corrected chi connectivity index (χ1v) is 24.0. The molecule has 5 aromatic heterocycles. The van der Waals surface area contributed by atoms with Crippen molar-refractivity contribution in [1.29, 1.82) is 0 Å². The Morgan fingerprint density at radius 2 is 0.652 bits per heavy atom. The number of nitrogens with zero attached hydrogens (tertiary/aromatic N) is 6. The van der Waals surface area contributed by atoms with Crippen molar-refractivity contribution in [3.63, 3.8) is 0 Å². The minimum Gasteiger partial charge on any atom is -0.310 e. The van der Waals surface area contributed by atoms with Gasteiger partial charge in [0.1, 0.15) is 11.3 Å². The van der Waals surface area contributed by atoms with Crippen LogP contribution in [0, 0.1) is 0 Å². The van der Waals surface area contributed by atoms with Crippen molar-refractivity contribution in [3.05, 3.63) is 255 Å². The van der Waals surface area contributed by atoms with E-state index < -0.39 is 0 Å². The van der Waals surface area contributed by atoms with Crippen molar-refractivity contribution < 1.29 is 0 Å². The second-order valence-corrected chi connectivity index (χ2v) is 18.2.